The summed E-state index contributed by atoms with van der Waals surface area (Å²) >= 11 is 0. The topological polar surface area (TPSA) is 123 Å². The molecule has 0 radical (unpaired) electrons. The molecule has 0 saturated carbocycles. The van der Waals surface area contributed by atoms with Gasteiger partial charge in [0.05, 0.1) is 17.1 Å². The van der Waals surface area contributed by atoms with Gasteiger partial charge in [-0.25, -0.2) is 8.42 Å². The van der Waals surface area contributed by atoms with Gasteiger partial charge in [0.15, 0.2) is 12.4 Å². The second-order valence-electron chi connectivity index (χ2n) is 7.39. The second kappa shape index (κ2) is 9.44. The van der Waals surface area contributed by atoms with Crippen LogP contribution in [0.4, 0.5) is 0 Å². The normalized spacial score (nSPS) is 15.4. The highest BCUT2D eigenvalue weighted by molar-refractivity contribution is 7.89. The Labute approximate surface area is 180 Å². The minimum absolute atomic E-state index is 0.0305. The standard InChI is InChI=1S/C21H24N2O7S/c1-14-5-6-17(12-15(14)2)31(27,28)23-9-7-16(8-10-23)21(26)30-13-19(24)22-20(25)18-4-3-11-29-18/h3-6,11-12,16H,7-10,13H2,1-2H3,(H,22,24,25). The summed E-state index contributed by atoms with van der Waals surface area (Å²) in [6.45, 7) is 3.52. The van der Waals surface area contributed by atoms with Gasteiger partial charge in [-0.2, -0.15) is 4.31 Å². The molecule has 0 unspecified atom stereocenters. The molecule has 2 heterocycles. The molecule has 0 spiro atoms. The molecule has 2 amide bonds. The predicted octanol–water partition coefficient (Wildman–Crippen LogP) is 1.80. The third kappa shape index (κ3) is 5.39. The number of piperidine rings is 1. The van der Waals surface area contributed by atoms with E-state index < -0.39 is 40.3 Å². The minimum Gasteiger partial charge on any atom is -0.459 e. The molecule has 2 aromatic rings. The lowest BCUT2D eigenvalue weighted by molar-refractivity contribution is -0.153. The summed E-state index contributed by atoms with van der Waals surface area (Å²) in [7, 11) is -3.64. The molecule has 1 aliphatic heterocycles. The van der Waals surface area contributed by atoms with Crippen LogP contribution in [0.15, 0.2) is 45.9 Å². The number of imide groups is 1. The Balaban J connectivity index is 1.48. The van der Waals surface area contributed by atoms with Gasteiger partial charge >= 0.3 is 5.97 Å². The SMILES string of the molecule is Cc1ccc(S(=O)(=O)N2CCC(C(=O)OCC(=O)NC(=O)c3ccco3)CC2)cc1C. The van der Waals surface area contributed by atoms with E-state index in [4.69, 9.17) is 9.15 Å². The fourth-order valence-corrected chi connectivity index (χ4v) is 4.80. The van der Waals surface area contributed by atoms with Gasteiger partial charge in [-0.3, -0.25) is 19.7 Å². The molecule has 3 rings (SSSR count). The summed E-state index contributed by atoms with van der Waals surface area (Å²) in [6.07, 6.45) is 1.87. The maximum Gasteiger partial charge on any atom is 0.309 e. The number of rotatable bonds is 6. The van der Waals surface area contributed by atoms with E-state index in [0.29, 0.717) is 0 Å². The molecule has 9 nitrogen and oxygen atoms in total. The van der Waals surface area contributed by atoms with E-state index in [2.05, 4.69) is 5.32 Å². The number of hydrogen-bond acceptors (Lipinski definition) is 7. The maximum atomic E-state index is 12.9. The zero-order chi connectivity index (χ0) is 22.6. The molecular formula is C21H24N2O7S. The van der Waals surface area contributed by atoms with Crippen LogP contribution in [-0.4, -0.2) is 50.2 Å². The van der Waals surface area contributed by atoms with Crippen LogP contribution in [0.5, 0.6) is 0 Å². The van der Waals surface area contributed by atoms with E-state index in [9.17, 15) is 22.8 Å². The van der Waals surface area contributed by atoms with Gasteiger partial charge in [-0.1, -0.05) is 6.07 Å². The first-order valence-corrected chi connectivity index (χ1v) is 11.2. The van der Waals surface area contributed by atoms with Crippen LogP contribution in [0, 0.1) is 19.8 Å². The number of sulfonamides is 1. The van der Waals surface area contributed by atoms with Gasteiger partial charge in [0, 0.05) is 13.1 Å². The van der Waals surface area contributed by atoms with Crippen molar-refractivity contribution >= 4 is 27.8 Å². The van der Waals surface area contributed by atoms with Crippen molar-refractivity contribution in [3.8, 4) is 0 Å². The lowest BCUT2D eigenvalue weighted by atomic mass is 9.98. The lowest BCUT2D eigenvalue weighted by Crippen LogP contribution is -2.41. The van der Waals surface area contributed by atoms with E-state index in [-0.39, 0.29) is 36.6 Å². The van der Waals surface area contributed by atoms with Crippen LogP contribution in [0.2, 0.25) is 0 Å². The summed E-state index contributed by atoms with van der Waals surface area (Å²) in [4.78, 5) is 36.0. The molecule has 0 bridgehead atoms. The van der Waals surface area contributed by atoms with Crippen molar-refractivity contribution in [3.05, 3.63) is 53.5 Å². The molecule has 31 heavy (non-hydrogen) atoms. The molecule has 0 atom stereocenters. The number of carbonyl (C=O) groups excluding carboxylic acids is 3. The average molecular weight is 448 g/mol. The number of carbonyl (C=O) groups is 3. The maximum absolute atomic E-state index is 12.9. The molecule has 1 aromatic heterocycles. The summed E-state index contributed by atoms with van der Waals surface area (Å²) in [6, 6.07) is 7.91. The van der Waals surface area contributed by atoms with Gasteiger partial charge in [-0.05, 0) is 62.1 Å². The zero-order valence-electron chi connectivity index (χ0n) is 17.3. The number of esters is 1. The highest BCUT2D eigenvalue weighted by Gasteiger charge is 2.33. The first-order chi connectivity index (χ1) is 14.7. The Morgan fingerprint density at radius 1 is 1.13 bits per heavy atom. The third-order valence-electron chi connectivity index (χ3n) is 5.25. The van der Waals surface area contributed by atoms with Gasteiger partial charge in [0.2, 0.25) is 10.0 Å². The third-order valence-corrected chi connectivity index (χ3v) is 7.14. The summed E-state index contributed by atoms with van der Waals surface area (Å²) in [5.74, 6) is -2.64. The monoisotopic (exact) mass is 448 g/mol. The van der Waals surface area contributed by atoms with Crippen LogP contribution in [0.3, 0.4) is 0 Å². The number of aryl methyl sites for hydroxylation is 2. The smallest absolute Gasteiger partial charge is 0.309 e. The largest absolute Gasteiger partial charge is 0.459 e. The number of amides is 2. The molecule has 1 N–H and O–H groups in total. The van der Waals surface area contributed by atoms with E-state index >= 15 is 0 Å². The van der Waals surface area contributed by atoms with E-state index in [0.717, 1.165) is 11.1 Å². The van der Waals surface area contributed by atoms with Crippen molar-refractivity contribution in [1.29, 1.82) is 0 Å². The van der Waals surface area contributed by atoms with Crippen LogP contribution in [-0.2, 0) is 24.3 Å². The van der Waals surface area contributed by atoms with Crippen LogP contribution in [0.25, 0.3) is 0 Å². The minimum atomic E-state index is -3.64. The second-order valence-corrected chi connectivity index (χ2v) is 9.32. The van der Waals surface area contributed by atoms with Crippen molar-refractivity contribution in [2.75, 3.05) is 19.7 Å². The Hall–Kier alpha value is -2.98. The fraction of sp³-hybridized carbons (Fsp3) is 0.381. The summed E-state index contributed by atoms with van der Waals surface area (Å²) < 4.78 is 36.9. The van der Waals surface area contributed by atoms with Crippen molar-refractivity contribution in [2.45, 2.75) is 31.6 Å². The number of ether oxygens (including phenoxy) is 1. The van der Waals surface area contributed by atoms with Crippen molar-refractivity contribution in [3.63, 3.8) is 0 Å². The molecular weight excluding hydrogens is 424 g/mol. The first-order valence-electron chi connectivity index (χ1n) is 9.80. The van der Waals surface area contributed by atoms with E-state index in [1.165, 1.54) is 22.7 Å². The molecule has 1 fully saturated rings. The summed E-state index contributed by atoms with van der Waals surface area (Å²) in [5, 5.41) is 2.06. The Kier molecular flexibility index (Phi) is 6.91. The van der Waals surface area contributed by atoms with Gasteiger partial charge in [-0.15, -0.1) is 0 Å². The van der Waals surface area contributed by atoms with Crippen LogP contribution in [0.1, 0.15) is 34.5 Å². The first kappa shape index (κ1) is 22.7. The molecule has 1 aromatic carbocycles. The van der Waals surface area contributed by atoms with Crippen LogP contribution >= 0.6 is 0 Å². The predicted molar refractivity (Wildman–Crippen MR) is 110 cm³/mol. The fourth-order valence-electron chi connectivity index (χ4n) is 3.24. The van der Waals surface area contributed by atoms with Crippen LogP contribution < -0.4 is 5.32 Å². The molecule has 166 valence electrons. The Morgan fingerprint density at radius 3 is 2.45 bits per heavy atom. The van der Waals surface area contributed by atoms with Gasteiger partial charge < -0.3 is 9.15 Å². The van der Waals surface area contributed by atoms with Gasteiger partial charge in [0.25, 0.3) is 11.8 Å². The Morgan fingerprint density at radius 2 is 1.84 bits per heavy atom. The van der Waals surface area contributed by atoms with E-state index in [1.807, 2.05) is 13.8 Å². The van der Waals surface area contributed by atoms with E-state index in [1.54, 1.807) is 18.2 Å². The summed E-state index contributed by atoms with van der Waals surface area (Å²) in [5.41, 5.74) is 1.90. The number of furan rings is 1. The van der Waals surface area contributed by atoms with Crippen molar-refractivity contribution in [2.24, 2.45) is 5.92 Å². The van der Waals surface area contributed by atoms with Crippen molar-refractivity contribution in [1.82, 2.24) is 9.62 Å². The quantitative estimate of drug-likeness (QED) is 0.669. The number of nitrogens with zero attached hydrogens (tertiary/aromatic N) is 1. The highest BCUT2D eigenvalue weighted by atomic mass is 32.2. The highest BCUT2D eigenvalue weighted by Crippen LogP contribution is 2.25. The van der Waals surface area contributed by atoms with Gasteiger partial charge in [0.1, 0.15) is 0 Å². The molecule has 1 saturated heterocycles. The Bertz CT molecular complexity index is 1070. The number of benzene rings is 1. The van der Waals surface area contributed by atoms with Crippen molar-refractivity contribution < 1.29 is 32.0 Å². The lowest BCUT2D eigenvalue weighted by Gasteiger charge is -2.30. The average Bonchev–Trinajstić information content (AvgIpc) is 3.29. The molecule has 10 heteroatoms. The molecule has 1 aliphatic rings. The zero-order valence-corrected chi connectivity index (χ0v) is 18.1. The number of nitrogens with one attached hydrogen (secondary N) is 1. The number of hydrogen-bond donors (Lipinski definition) is 1. The molecule has 0 aliphatic carbocycles.